The fourth-order valence-corrected chi connectivity index (χ4v) is 5.87. The van der Waals surface area contributed by atoms with Gasteiger partial charge in [-0.2, -0.15) is 0 Å². The minimum Gasteiger partial charge on any atom is -0.379 e. The third kappa shape index (κ3) is 3.84. The number of rotatable bonds is 5. The number of hydrogen-bond donors (Lipinski definition) is 1. The average molecular weight is 442 g/mol. The highest BCUT2D eigenvalue weighted by Gasteiger charge is 2.48. The minimum atomic E-state index is -3.90. The second-order valence-corrected chi connectivity index (χ2v) is 9.87. The van der Waals surface area contributed by atoms with Crippen LogP contribution in [-0.4, -0.2) is 61.8 Å². The summed E-state index contributed by atoms with van der Waals surface area (Å²) in [6, 6.07) is 11.6. The van der Waals surface area contributed by atoms with Crippen molar-refractivity contribution in [3.05, 3.63) is 59.2 Å². The number of carbonyl (C=O) groups is 2. The number of hydrogen-bond acceptors (Lipinski definition) is 6. The van der Waals surface area contributed by atoms with Crippen molar-refractivity contribution in [2.24, 2.45) is 0 Å². The van der Waals surface area contributed by atoms with Crippen molar-refractivity contribution in [1.82, 2.24) is 9.21 Å². The van der Waals surface area contributed by atoms with E-state index in [1.807, 2.05) is 18.2 Å². The molecule has 0 bridgehead atoms. The molecule has 2 aromatic rings. The number of amides is 2. The normalized spacial score (nSPS) is 20.5. The lowest BCUT2D eigenvalue weighted by Gasteiger charge is -2.26. The maximum Gasteiger partial charge on any atom is 0.269 e. The molecule has 2 fully saturated rings. The van der Waals surface area contributed by atoms with Gasteiger partial charge in [0, 0.05) is 36.9 Å². The molecule has 0 radical (unpaired) electrons. The van der Waals surface area contributed by atoms with Gasteiger partial charge in [0.25, 0.3) is 21.8 Å². The summed E-state index contributed by atoms with van der Waals surface area (Å²) >= 11 is 0. The molecular formula is C22H23N3O5S. The summed E-state index contributed by atoms with van der Waals surface area (Å²) in [6.45, 7) is 3.95. The standard InChI is InChI=1S/C22H23N3O5S/c26-21(23-17-3-1-2-15(12-17)14-24-8-10-30-11-9-24)16-4-7-19-20(13-16)31(28,29)25(22(19)27)18-5-6-18/h1-4,7,12-13,18H,5-6,8-11,14H2,(H,23,26). The molecule has 31 heavy (non-hydrogen) atoms. The van der Waals surface area contributed by atoms with E-state index in [2.05, 4.69) is 10.2 Å². The number of sulfonamides is 1. The average Bonchev–Trinajstić information content (AvgIpc) is 3.56. The molecule has 162 valence electrons. The van der Waals surface area contributed by atoms with Crippen molar-refractivity contribution in [2.75, 3.05) is 31.6 Å². The minimum absolute atomic E-state index is 0.0851. The summed E-state index contributed by atoms with van der Waals surface area (Å²) < 4.78 is 31.9. The van der Waals surface area contributed by atoms with Crippen LogP contribution in [0, 0.1) is 0 Å². The van der Waals surface area contributed by atoms with E-state index >= 15 is 0 Å². The van der Waals surface area contributed by atoms with Crippen LogP contribution >= 0.6 is 0 Å². The quantitative estimate of drug-likeness (QED) is 0.763. The molecule has 2 aliphatic heterocycles. The molecule has 0 spiro atoms. The number of ether oxygens (including phenoxy) is 1. The third-order valence-electron chi connectivity index (χ3n) is 5.78. The highest BCUT2D eigenvalue weighted by atomic mass is 32.2. The first-order chi connectivity index (χ1) is 14.9. The maximum atomic E-state index is 12.8. The van der Waals surface area contributed by atoms with Gasteiger partial charge in [0.15, 0.2) is 0 Å². The maximum absolute atomic E-state index is 12.8. The van der Waals surface area contributed by atoms with Gasteiger partial charge in [-0.3, -0.25) is 14.5 Å². The van der Waals surface area contributed by atoms with E-state index in [1.54, 1.807) is 6.07 Å². The van der Waals surface area contributed by atoms with Crippen molar-refractivity contribution in [3.63, 3.8) is 0 Å². The lowest BCUT2D eigenvalue weighted by Crippen LogP contribution is -2.35. The van der Waals surface area contributed by atoms with Crippen molar-refractivity contribution < 1.29 is 22.7 Å². The Kier molecular flexibility index (Phi) is 5.04. The zero-order valence-electron chi connectivity index (χ0n) is 16.9. The number of morpholine rings is 1. The van der Waals surface area contributed by atoms with E-state index < -0.39 is 21.8 Å². The molecule has 1 saturated heterocycles. The second-order valence-electron chi connectivity index (χ2n) is 8.09. The zero-order chi connectivity index (χ0) is 21.6. The van der Waals surface area contributed by atoms with Gasteiger partial charge in [-0.1, -0.05) is 12.1 Å². The molecule has 2 amide bonds. The molecular weight excluding hydrogens is 418 g/mol. The highest BCUT2D eigenvalue weighted by Crippen LogP contribution is 2.39. The summed E-state index contributed by atoms with van der Waals surface area (Å²) in [4.78, 5) is 27.5. The molecule has 0 aromatic heterocycles. The van der Waals surface area contributed by atoms with E-state index in [-0.39, 0.29) is 22.1 Å². The van der Waals surface area contributed by atoms with Crippen LogP contribution in [0.2, 0.25) is 0 Å². The first kappa shape index (κ1) is 20.2. The first-order valence-corrected chi connectivity index (χ1v) is 11.8. The number of nitrogens with zero attached hydrogens (tertiary/aromatic N) is 2. The molecule has 9 heteroatoms. The van der Waals surface area contributed by atoms with E-state index in [0.29, 0.717) is 18.5 Å². The molecule has 3 aliphatic rings. The molecule has 1 N–H and O–H groups in total. The van der Waals surface area contributed by atoms with Gasteiger partial charge in [0.05, 0.1) is 18.8 Å². The summed E-state index contributed by atoms with van der Waals surface area (Å²) in [5, 5.41) is 2.84. The Hall–Kier alpha value is -2.75. The molecule has 1 aliphatic carbocycles. The van der Waals surface area contributed by atoms with Crippen LogP contribution < -0.4 is 5.32 Å². The predicted molar refractivity (Wildman–Crippen MR) is 113 cm³/mol. The number of carbonyl (C=O) groups excluding carboxylic acids is 2. The number of benzene rings is 2. The van der Waals surface area contributed by atoms with Gasteiger partial charge in [0.1, 0.15) is 4.90 Å². The monoisotopic (exact) mass is 441 g/mol. The van der Waals surface area contributed by atoms with Crippen LogP contribution in [-0.2, 0) is 21.3 Å². The van der Waals surface area contributed by atoms with Crippen molar-refractivity contribution in [2.45, 2.75) is 30.3 Å². The molecule has 0 atom stereocenters. The summed E-state index contributed by atoms with van der Waals surface area (Å²) in [6.07, 6.45) is 1.38. The smallest absolute Gasteiger partial charge is 0.269 e. The Morgan fingerprint density at radius 1 is 1.10 bits per heavy atom. The number of nitrogens with one attached hydrogen (secondary N) is 1. The van der Waals surface area contributed by atoms with Crippen LogP contribution in [0.15, 0.2) is 47.4 Å². The Labute approximate surface area is 180 Å². The first-order valence-electron chi connectivity index (χ1n) is 10.4. The molecule has 0 unspecified atom stereocenters. The molecule has 2 heterocycles. The Bertz CT molecular complexity index is 1150. The van der Waals surface area contributed by atoms with Crippen molar-refractivity contribution in [3.8, 4) is 0 Å². The fraction of sp³-hybridized carbons (Fsp3) is 0.364. The Morgan fingerprint density at radius 2 is 1.87 bits per heavy atom. The van der Waals surface area contributed by atoms with Gasteiger partial charge in [-0.25, -0.2) is 12.7 Å². The van der Waals surface area contributed by atoms with Crippen LogP contribution in [0.25, 0.3) is 0 Å². The largest absolute Gasteiger partial charge is 0.379 e. The van der Waals surface area contributed by atoms with Gasteiger partial charge in [0.2, 0.25) is 0 Å². The van der Waals surface area contributed by atoms with Gasteiger partial charge in [-0.05, 0) is 48.7 Å². The van der Waals surface area contributed by atoms with E-state index in [4.69, 9.17) is 4.74 Å². The molecule has 2 aromatic carbocycles. The van der Waals surface area contributed by atoms with Crippen LogP contribution in [0.1, 0.15) is 39.1 Å². The number of anilines is 1. The zero-order valence-corrected chi connectivity index (χ0v) is 17.7. The topological polar surface area (TPSA) is 96.0 Å². The Balaban J connectivity index is 1.33. The lowest BCUT2D eigenvalue weighted by atomic mass is 10.1. The summed E-state index contributed by atoms with van der Waals surface area (Å²) in [5.74, 6) is -0.917. The Morgan fingerprint density at radius 3 is 2.61 bits per heavy atom. The second kappa shape index (κ2) is 7.74. The van der Waals surface area contributed by atoms with E-state index in [1.165, 1.54) is 18.2 Å². The van der Waals surface area contributed by atoms with Crippen LogP contribution in [0.4, 0.5) is 5.69 Å². The van der Waals surface area contributed by atoms with Gasteiger partial charge >= 0.3 is 0 Å². The van der Waals surface area contributed by atoms with Crippen molar-refractivity contribution in [1.29, 1.82) is 0 Å². The summed E-state index contributed by atoms with van der Waals surface area (Å²) in [7, 11) is -3.90. The SMILES string of the molecule is O=C(Nc1cccc(CN2CCOCC2)c1)c1ccc2c(c1)S(=O)(=O)N(C1CC1)C2=O. The molecule has 5 rings (SSSR count). The highest BCUT2D eigenvalue weighted by molar-refractivity contribution is 7.90. The van der Waals surface area contributed by atoms with E-state index in [9.17, 15) is 18.0 Å². The third-order valence-corrected chi connectivity index (χ3v) is 7.66. The van der Waals surface area contributed by atoms with Crippen LogP contribution in [0.5, 0.6) is 0 Å². The van der Waals surface area contributed by atoms with Crippen molar-refractivity contribution >= 4 is 27.5 Å². The summed E-state index contributed by atoms with van der Waals surface area (Å²) in [5.41, 5.74) is 2.04. The lowest BCUT2D eigenvalue weighted by molar-refractivity contribution is 0.0342. The molecule has 1 saturated carbocycles. The number of fused-ring (bicyclic) bond motifs is 1. The fourth-order valence-electron chi connectivity index (χ4n) is 4.03. The van der Waals surface area contributed by atoms with E-state index in [0.717, 1.165) is 42.7 Å². The van der Waals surface area contributed by atoms with Crippen LogP contribution in [0.3, 0.4) is 0 Å². The van der Waals surface area contributed by atoms with Gasteiger partial charge in [-0.15, -0.1) is 0 Å². The predicted octanol–water partition coefficient (Wildman–Crippen LogP) is 2.08. The molecule has 8 nitrogen and oxygen atoms in total. The van der Waals surface area contributed by atoms with Gasteiger partial charge < -0.3 is 10.1 Å².